The zero-order chi connectivity index (χ0) is 7.40. The third kappa shape index (κ3) is 2.48. The first-order valence-corrected chi connectivity index (χ1v) is 5.13. The molecule has 1 unspecified atom stereocenters. The molecule has 1 aliphatic rings. The summed E-state index contributed by atoms with van der Waals surface area (Å²) < 4.78 is 0. The zero-order valence-corrected chi connectivity index (χ0v) is 7.58. The molecule has 3 heteroatoms. The van der Waals surface area contributed by atoms with E-state index in [1.54, 1.807) is 0 Å². The van der Waals surface area contributed by atoms with Gasteiger partial charge in [-0.3, -0.25) is 0 Å². The second-order valence-corrected chi connectivity index (χ2v) is 3.78. The third-order valence-electron chi connectivity index (χ3n) is 1.83. The van der Waals surface area contributed by atoms with Crippen LogP contribution in [0.2, 0.25) is 0 Å². The second kappa shape index (κ2) is 4.21. The topological polar surface area (TPSA) is 15.3 Å². The van der Waals surface area contributed by atoms with E-state index in [1.807, 2.05) is 11.8 Å². The van der Waals surface area contributed by atoms with E-state index in [0.29, 0.717) is 6.04 Å². The second-order valence-electron chi connectivity index (χ2n) is 2.87. The highest BCUT2D eigenvalue weighted by molar-refractivity contribution is 7.98. The van der Waals surface area contributed by atoms with Crippen molar-refractivity contribution in [3.63, 3.8) is 0 Å². The molecule has 0 bridgehead atoms. The monoisotopic (exact) mass is 160 g/mol. The van der Waals surface area contributed by atoms with Crippen LogP contribution in [0.5, 0.6) is 0 Å². The lowest BCUT2D eigenvalue weighted by atomic mass is 10.2. The quantitative estimate of drug-likeness (QED) is 0.623. The highest BCUT2D eigenvalue weighted by Crippen LogP contribution is 2.01. The van der Waals surface area contributed by atoms with E-state index < -0.39 is 0 Å². The Balaban J connectivity index is 2.18. The molecule has 0 amide bonds. The summed E-state index contributed by atoms with van der Waals surface area (Å²) in [6, 6.07) is 0.716. The Morgan fingerprint density at radius 2 is 2.50 bits per heavy atom. The van der Waals surface area contributed by atoms with Gasteiger partial charge >= 0.3 is 0 Å². The highest BCUT2D eigenvalue weighted by atomic mass is 32.2. The molecule has 2 nitrogen and oxygen atoms in total. The molecule has 1 atom stereocenters. The number of hydrogen-bond donors (Lipinski definition) is 1. The molecular weight excluding hydrogens is 144 g/mol. The van der Waals surface area contributed by atoms with Crippen molar-refractivity contribution in [2.75, 3.05) is 38.7 Å². The molecule has 1 fully saturated rings. The SMILES string of the molecule is CSCC1CN(C)CCN1. The number of nitrogens with zero attached hydrogens (tertiary/aromatic N) is 1. The van der Waals surface area contributed by atoms with Gasteiger partial charge in [-0.2, -0.15) is 11.8 Å². The van der Waals surface area contributed by atoms with Gasteiger partial charge < -0.3 is 10.2 Å². The van der Waals surface area contributed by atoms with Gasteiger partial charge in [-0.25, -0.2) is 0 Å². The molecule has 10 heavy (non-hydrogen) atoms. The van der Waals surface area contributed by atoms with Crippen molar-refractivity contribution >= 4 is 11.8 Å². The first kappa shape index (κ1) is 8.37. The lowest BCUT2D eigenvalue weighted by molar-refractivity contribution is 0.251. The van der Waals surface area contributed by atoms with Gasteiger partial charge in [0.15, 0.2) is 0 Å². The van der Waals surface area contributed by atoms with Gasteiger partial charge in [0, 0.05) is 31.4 Å². The fraction of sp³-hybridized carbons (Fsp3) is 1.00. The molecule has 0 aromatic carbocycles. The summed E-state index contributed by atoms with van der Waals surface area (Å²) in [5.41, 5.74) is 0. The molecule has 0 aliphatic carbocycles. The van der Waals surface area contributed by atoms with Gasteiger partial charge in [-0.05, 0) is 13.3 Å². The Morgan fingerprint density at radius 3 is 3.10 bits per heavy atom. The highest BCUT2D eigenvalue weighted by Gasteiger charge is 2.14. The smallest absolute Gasteiger partial charge is 0.0285 e. The minimum Gasteiger partial charge on any atom is -0.311 e. The van der Waals surface area contributed by atoms with Crippen LogP contribution in [-0.4, -0.2) is 49.6 Å². The number of hydrogen-bond acceptors (Lipinski definition) is 3. The first-order valence-electron chi connectivity index (χ1n) is 3.74. The van der Waals surface area contributed by atoms with Gasteiger partial charge in [0.05, 0.1) is 0 Å². The van der Waals surface area contributed by atoms with Crippen LogP contribution in [0.25, 0.3) is 0 Å². The van der Waals surface area contributed by atoms with E-state index >= 15 is 0 Å². The van der Waals surface area contributed by atoms with E-state index in [2.05, 4.69) is 23.5 Å². The van der Waals surface area contributed by atoms with Gasteiger partial charge in [0.1, 0.15) is 0 Å². The lowest BCUT2D eigenvalue weighted by Crippen LogP contribution is -2.50. The normalized spacial score (nSPS) is 28.8. The molecule has 1 rings (SSSR count). The average Bonchev–Trinajstić information content (AvgIpc) is 1.88. The van der Waals surface area contributed by atoms with Crippen LogP contribution >= 0.6 is 11.8 Å². The van der Waals surface area contributed by atoms with Crippen molar-refractivity contribution in [2.24, 2.45) is 0 Å². The summed E-state index contributed by atoms with van der Waals surface area (Å²) in [6.45, 7) is 3.56. The predicted octanol–water partition coefficient (Wildman–Crippen LogP) is 0.253. The van der Waals surface area contributed by atoms with Gasteiger partial charge in [-0.15, -0.1) is 0 Å². The van der Waals surface area contributed by atoms with Crippen LogP contribution in [0.3, 0.4) is 0 Å². The van der Waals surface area contributed by atoms with Gasteiger partial charge in [-0.1, -0.05) is 0 Å². The largest absolute Gasteiger partial charge is 0.311 e. The Bertz CT molecular complexity index is 95.6. The number of piperazine rings is 1. The van der Waals surface area contributed by atoms with Gasteiger partial charge in [0.25, 0.3) is 0 Å². The minimum absolute atomic E-state index is 0.716. The van der Waals surface area contributed by atoms with Crippen molar-refractivity contribution in [2.45, 2.75) is 6.04 Å². The van der Waals surface area contributed by atoms with Crippen LogP contribution in [0, 0.1) is 0 Å². The maximum atomic E-state index is 3.49. The Labute approximate surface area is 67.4 Å². The molecule has 60 valence electrons. The molecule has 0 saturated carbocycles. The molecule has 0 radical (unpaired) electrons. The van der Waals surface area contributed by atoms with Crippen LogP contribution in [-0.2, 0) is 0 Å². The molecular formula is C7H16N2S. The summed E-state index contributed by atoms with van der Waals surface area (Å²) in [4.78, 5) is 2.39. The number of nitrogens with one attached hydrogen (secondary N) is 1. The van der Waals surface area contributed by atoms with E-state index in [0.717, 1.165) is 6.54 Å². The van der Waals surface area contributed by atoms with Crippen LogP contribution in [0.4, 0.5) is 0 Å². The van der Waals surface area contributed by atoms with E-state index in [-0.39, 0.29) is 0 Å². The molecule has 1 saturated heterocycles. The van der Waals surface area contributed by atoms with Crippen molar-refractivity contribution in [3.05, 3.63) is 0 Å². The van der Waals surface area contributed by atoms with Gasteiger partial charge in [0.2, 0.25) is 0 Å². The summed E-state index contributed by atoms with van der Waals surface area (Å²) in [5, 5.41) is 3.49. The molecule has 1 aliphatic heterocycles. The summed E-state index contributed by atoms with van der Waals surface area (Å²) >= 11 is 1.92. The molecule has 0 aromatic rings. The molecule has 0 aromatic heterocycles. The minimum atomic E-state index is 0.716. The first-order chi connectivity index (χ1) is 4.83. The van der Waals surface area contributed by atoms with E-state index in [1.165, 1.54) is 18.8 Å². The van der Waals surface area contributed by atoms with E-state index in [4.69, 9.17) is 0 Å². The standard InChI is InChI=1S/C7H16N2S/c1-9-4-3-8-7(5-9)6-10-2/h7-8H,3-6H2,1-2H3. The molecule has 1 heterocycles. The van der Waals surface area contributed by atoms with E-state index in [9.17, 15) is 0 Å². The van der Waals surface area contributed by atoms with Crippen molar-refractivity contribution in [1.29, 1.82) is 0 Å². The summed E-state index contributed by atoms with van der Waals surface area (Å²) in [6.07, 6.45) is 2.16. The summed E-state index contributed by atoms with van der Waals surface area (Å²) in [7, 11) is 2.19. The van der Waals surface area contributed by atoms with Crippen LogP contribution in [0.1, 0.15) is 0 Å². The third-order valence-corrected chi connectivity index (χ3v) is 2.56. The van der Waals surface area contributed by atoms with Crippen molar-refractivity contribution in [3.8, 4) is 0 Å². The number of likely N-dealkylation sites (N-methyl/N-ethyl adjacent to an activating group) is 1. The maximum absolute atomic E-state index is 3.49. The average molecular weight is 160 g/mol. The lowest BCUT2D eigenvalue weighted by Gasteiger charge is -2.30. The van der Waals surface area contributed by atoms with Crippen LogP contribution < -0.4 is 5.32 Å². The Morgan fingerprint density at radius 1 is 1.70 bits per heavy atom. The zero-order valence-electron chi connectivity index (χ0n) is 6.76. The number of rotatable bonds is 2. The Hall–Kier alpha value is 0.270. The fourth-order valence-corrected chi connectivity index (χ4v) is 1.93. The molecule has 1 N–H and O–H groups in total. The molecule has 0 spiro atoms. The Kier molecular flexibility index (Phi) is 3.52. The maximum Gasteiger partial charge on any atom is 0.0285 e. The van der Waals surface area contributed by atoms with Crippen molar-refractivity contribution < 1.29 is 0 Å². The predicted molar refractivity (Wildman–Crippen MR) is 47.7 cm³/mol. The summed E-state index contributed by atoms with van der Waals surface area (Å²) in [5.74, 6) is 1.24. The fourth-order valence-electron chi connectivity index (χ4n) is 1.30. The number of thioether (sulfide) groups is 1. The van der Waals surface area contributed by atoms with Crippen molar-refractivity contribution in [1.82, 2.24) is 10.2 Å². The van der Waals surface area contributed by atoms with Crippen LogP contribution in [0.15, 0.2) is 0 Å².